The van der Waals surface area contributed by atoms with Gasteiger partial charge in [-0.2, -0.15) is 0 Å². The number of nitrogens with one attached hydrogen (secondary N) is 2. The molecule has 0 saturated carbocycles. The molecule has 0 atom stereocenters. The minimum absolute atomic E-state index is 0.0455. The Morgan fingerprint density at radius 3 is 1.39 bits per heavy atom. The van der Waals surface area contributed by atoms with E-state index in [4.69, 9.17) is 0 Å². The first-order valence-corrected chi connectivity index (χ1v) is 9.30. The van der Waals surface area contributed by atoms with Crippen molar-refractivity contribution >= 4 is 0 Å². The smallest absolute Gasteiger partial charge is 0.123 e. The Labute approximate surface area is 163 Å². The van der Waals surface area contributed by atoms with Crippen molar-refractivity contribution < 1.29 is 13.2 Å². The van der Waals surface area contributed by atoms with E-state index in [-0.39, 0.29) is 23.5 Å². The lowest BCUT2D eigenvalue weighted by Crippen LogP contribution is -2.44. The first-order valence-electron chi connectivity index (χ1n) is 9.30. The van der Waals surface area contributed by atoms with Gasteiger partial charge >= 0.3 is 0 Å². The van der Waals surface area contributed by atoms with E-state index in [2.05, 4.69) is 10.9 Å². The minimum atomic E-state index is -0.260. The van der Waals surface area contributed by atoms with Gasteiger partial charge in [-0.25, -0.2) is 13.2 Å². The SMILES string of the molecule is Fc1ccc(CCNNC(Cc2ccc(F)cc2)Cc2ccc(F)cc2)cc1. The summed E-state index contributed by atoms with van der Waals surface area (Å²) in [6.07, 6.45) is 2.15. The van der Waals surface area contributed by atoms with Crippen LogP contribution in [0.15, 0.2) is 72.8 Å². The quantitative estimate of drug-likeness (QED) is 0.416. The molecular weight excluding hydrogens is 361 g/mol. The Kier molecular flexibility index (Phi) is 7.23. The second-order valence-corrected chi connectivity index (χ2v) is 6.81. The Hall–Kier alpha value is -2.63. The van der Waals surface area contributed by atoms with E-state index < -0.39 is 0 Å². The van der Waals surface area contributed by atoms with E-state index >= 15 is 0 Å². The molecule has 28 heavy (non-hydrogen) atoms. The van der Waals surface area contributed by atoms with Crippen molar-refractivity contribution in [2.24, 2.45) is 0 Å². The van der Waals surface area contributed by atoms with Gasteiger partial charge in [-0.05, 0) is 72.4 Å². The highest BCUT2D eigenvalue weighted by Crippen LogP contribution is 2.11. The molecule has 0 spiro atoms. The summed E-state index contributed by atoms with van der Waals surface area (Å²) in [7, 11) is 0. The van der Waals surface area contributed by atoms with Crippen molar-refractivity contribution in [1.29, 1.82) is 0 Å². The number of hydrogen-bond acceptors (Lipinski definition) is 2. The lowest BCUT2D eigenvalue weighted by molar-refractivity contribution is 0.424. The second kappa shape index (κ2) is 10.1. The third-order valence-corrected chi connectivity index (χ3v) is 4.55. The molecule has 0 radical (unpaired) electrons. The van der Waals surface area contributed by atoms with Crippen LogP contribution in [0.4, 0.5) is 13.2 Å². The largest absolute Gasteiger partial charge is 0.257 e. The average Bonchev–Trinajstić information content (AvgIpc) is 2.70. The van der Waals surface area contributed by atoms with E-state index in [0.29, 0.717) is 19.4 Å². The van der Waals surface area contributed by atoms with Crippen LogP contribution >= 0.6 is 0 Å². The summed E-state index contributed by atoms with van der Waals surface area (Å²) < 4.78 is 39.3. The van der Waals surface area contributed by atoms with Gasteiger partial charge in [0.05, 0.1) is 0 Å². The highest BCUT2D eigenvalue weighted by molar-refractivity contribution is 5.21. The van der Waals surface area contributed by atoms with Crippen LogP contribution in [0, 0.1) is 17.5 Å². The summed E-state index contributed by atoms with van der Waals surface area (Å²) in [5, 5.41) is 0. The topological polar surface area (TPSA) is 24.1 Å². The van der Waals surface area contributed by atoms with Crippen molar-refractivity contribution in [1.82, 2.24) is 10.9 Å². The Morgan fingerprint density at radius 2 is 0.964 bits per heavy atom. The third-order valence-electron chi connectivity index (χ3n) is 4.55. The first-order chi connectivity index (χ1) is 13.6. The van der Waals surface area contributed by atoms with Crippen molar-refractivity contribution in [3.8, 4) is 0 Å². The summed E-state index contributed by atoms with van der Waals surface area (Å²) in [5.41, 5.74) is 9.61. The molecule has 146 valence electrons. The van der Waals surface area contributed by atoms with Crippen molar-refractivity contribution in [2.75, 3.05) is 6.54 Å². The van der Waals surface area contributed by atoms with Crippen molar-refractivity contribution in [2.45, 2.75) is 25.3 Å². The maximum Gasteiger partial charge on any atom is 0.123 e. The fourth-order valence-electron chi connectivity index (χ4n) is 3.06. The molecule has 0 aliphatic rings. The second-order valence-electron chi connectivity index (χ2n) is 6.81. The molecule has 0 aliphatic heterocycles. The van der Waals surface area contributed by atoms with E-state index in [1.807, 2.05) is 0 Å². The fraction of sp³-hybridized carbons (Fsp3) is 0.217. The Morgan fingerprint density at radius 1 is 0.571 bits per heavy atom. The number of rotatable bonds is 9. The fourth-order valence-corrected chi connectivity index (χ4v) is 3.06. The number of benzene rings is 3. The lowest BCUT2D eigenvalue weighted by atomic mass is 9.99. The van der Waals surface area contributed by atoms with Crippen molar-refractivity contribution in [3.05, 3.63) is 107 Å². The van der Waals surface area contributed by atoms with Gasteiger partial charge in [-0.3, -0.25) is 10.9 Å². The molecule has 0 bridgehead atoms. The van der Waals surface area contributed by atoms with E-state index in [0.717, 1.165) is 23.1 Å². The molecule has 0 fully saturated rings. The molecule has 5 heteroatoms. The molecule has 2 N–H and O–H groups in total. The van der Waals surface area contributed by atoms with Gasteiger partial charge in [0.1, 0.15) is 17.5 Å². The van der Waals surface area contributed by atoms with Gasteiger partial charge in [0.2, 0.25) is 0 Å². The maximum atomic E-state index is 13.2. The van der Waals surface area contributed by atoms with Gasteiger partial charge in [0.25, 0.3) is 0 Å². The maximum absolute atomic E-state index is 13.2. The summed E-state index contributed by atoms with van der Waals surface area (Å²) in [6, 6.07) is 19.4. The van der Waals surface area contributed by atoms with Crippen LogP contribution in [0.3, 0.4) is 0 Å². The first kappa shape index (κ1) is 20.1. The summed E-state index contributed by atoms with van der Waals surface area (Å²) in [6.45, 7) is 0.676. The monoisotopic (exact) mass is 384 g/mol. The Balaban J connectivity index is 1.57. The highest BCUT2D eigenvalue weighted by atomic mass is 19.1. The molecule has 0 heterocycles. The van der Waals surface area contributed by atoms with Crippen LogP contribution in [-0.4, -0.2) is 12.6 Å². The molecule has 0 unspecified atom stereocenters. The van der Waals surface area contributed by atoms with Crippen LogP contribution in [0.1, 0.15) is 16.7 Å². The van der Waals surface area contributed by atoms with Gasteiger partial charge in [0.15, 0.2) is 0 Å². The number of halogens is 3. The molecule has 0 amide bonds. The number of hydrogen-bond donors (Lipinski definition) is 2. The minimum Gasteiger partial charge on any atom is -0.257 e. The molecule has 0 saturated heterocycles. The van der Waals surface area contributed by atoms with E-state index in [9.17, 15) is 13.2 Å². The summed E-state index contributed by atoms with van der Waals surface area (Å²) in [4.78, 5) is 0. The molecule has 3 rings (SSSR count). The average molecular weight is 384 g/mol. The van der Waals surface area contributed by atoms with Gasteiger partial charge in [-0.1, -0.05) is 36.4 Å². The third kappa shape index (κ3) is 6.51. The summed E-state index contributed by atoms with van der Waals surface area (Å²) >= 11 is 0. The van der Waals surface area contributed by atoms with Gasteiger partial charge in [0, 0.05) is 12.6 Å². The lowest BCUT2D eigenvalue weighted by Gasteiger charge is -2.20. The van der Waals surface area contributed by atoms with Gasteiger partial charge in [-0.15, -0.1) is 0 Å². The van der Waals surface area contributed by atoms with Crippen LogP contribution < -0.4 is 10.9 Å². The molecule has 2 nitrogen and oxygen atoms in total. The molecule has 3 aromatic carbocycles. The highest BCUT2D eigenvalue weighted by Gasteiger charge is 2.11. The number of hydrazine groups is 1. The molecule has 0 aliphatic carbocycles. The molecule has 0 aromatic heterocycles. The zero-order valence-corrected chi connectivity index (χ0v) is 15.5. The van der Waals surface area contributed by atoms with Crippen LogP contribution in [0.2, 0.25) is 0 Å². The van der Waals surface area contributed by atoms with E-state index in [1.165, 1.54) is 36.4 Å². The molecular formula is C23H23F3N2. The summed E-state index contributed by atoms with van der Waals surface area (Å²) in [5.74, 6) is -0.762. The molecule has 3 aromatic rings. The van der Waals surface area contributed by atoms with E-state index in [1.54, 1.807) is 36.4 Å². The standard InChI is InChI=1S/C23H23F3N2/c24-20-7-1-17(2-8-20)13-14-27-28-23(15-18-3-9-21(25)10-4-18)16-19-5-11-22(26)12-6-19/h1-12,23,27-28H,13-16H2. The Bertz CT molecular complexity index is 799. The van der Waals surface area contributed by atoms with Crippen LogP contribution in [0.25, 0.3) is 0 Å². The predicted octanol–water partition coefficient (Wildman–Crippen LogP) is 4.59. The normalized spacial score (nSPS) is 11.1. The zero-order chi connectivity index (χ0) is 19.8. The van der Waals surface area contributed by atoms with Crippen LogP contribution in [-0.2, 0) is 19.3 Å². The zero-order valence-electron chi connectivity index (χ0n) is 15.5. The van der Waals surface area contributed by atoms with Crippen molar-refractivity contribution in [3.63, 3.8) is 0 Å². The van der Waals surface area contributed by atoms with Crippen LogP contribution in [0.5, 0.6) is 0 Å². The predicted molar refractivity (Wildman–Crippen MR) is 105 cm³/mol. The van der Waals surface area contributed by atoms with Gasteiger partial charge < -0.3 is 0 Å².